The molecule has 0 aliphatic carbocycles. The van der Waals surface area contributed by atoms with Gasteiger partial charge in [-0.1, -0.05) is 12.1 Å². The van der Waals surface area contributed by atoms with Crippen molar-refractivity contribution in [3.8, 4) is 0 Å². The first kappa shape index (κ1) is 14.4. The van der Waals surface area contributed by atoms with E-state index in [9.17, 15) is 8.42 Å². The number of nitrogens with two attached hydrogens (primary N) is 1. The number of nitrogen functional groups attached to an aromatic ring is 1. The van der Waals surface area contributed by atoms with Crippen LogP contribution in [0.4, 0.5) is 11.4 Å². The molecule has 104 valence electrons. The Morgan fingerprint density at radius 3 is 2.63 bits per heavy atom. The van der Waals surface area contributed by atoms with E-state index in [2.05, 4.69) is 10.6 Å². The van der Waals surface area contributed by atoms with Crippen molar-refractivity contribution in [1.29, 1.82) is 0 Å². The van der Waals surface area contributed by atoms with Crippen molar-refractivity contribution in [1.82, 2.24) is 5.32 Å². The zero-order valence-electron chi connectivity index (χ0n) is 9.97. The van der Waals surface area contributed by atoms with Crippen molar-refractivity contribution in [3.05, 3.63) is 24.3 Å². The zero-order valence-corrected chi connectivity index (χ0v) is 12.4. The molecular formula is C11H14ClN3O2S2. The van der Waals surface area contributed by atoms with E-state index in [1.165, 1.54) is 0 Å². The Labute approximate surface area is 122 Å². The molecule has 0 radical (unpaired) electrons. The summed E-state index contributed by atoms with van der Waals surface area (Å²) in [7, 11) is -3.08. The summed E-state index contributed by atoms with van der Waals surface area (Å²) in [5, 5.41) is 5.68. The van der Waals surface area contributed by atoms with Gasteiger partial charge in [-0.05, 0) is 24.4 Å². The van der Waals surface area contributed by atoms with E-state index in [-0.39, 0.29) is 17.5 Å². The Morgan fingerprint density at radius 1 is 1.37 bits per heavy atom. The average molecular weight is 320 g/mol. The lowest BCUT2D eigenvalue weighted by atomic mass is 10.2. The van der Waals surface area contributed by atoms with Crippen LogP contribution in [0.5, 0.6) is 0 Å². The second-order valence-corrected chi connectivity index (χ2v) is 7.51. The summed E-state index contributed by atoms with van der Waals surface area (Å²) in [6.07, 6.45) is 0. The highest BCUT2D eigenvalue weighted by Gasteiger charge is 2.36. The van der Waals surface area contributed by atoms with E-state index in [4.69, 9.17) is 29.6 Å². The average Bonchev–Trinajstić information content (AvgIpc) is 2.55. The zero-order chi connectivity index (χ0) is 14.0. The summed E-state index contributed by atoms with van der Waals surface area (Å²) in [5.74, 6) is -0.0322. The monoisotopic (exact) mass is 319 g/mol. The summed E-state index contributed by atoms with van der Waals surface area (Å²) >= 11 is 11.1. The topological polar surface area (TPSA) is 84.2 Å². The van der Waals surface area contributed by atoms with Crippen molar-refractivity contribution < 1.29 is 8.42 Å². The van der Waals surface area contributed by atoms with Crippen LogP contribution >= 0.6 is 23.8 Å². The molecule has 2 atom stereocenters. The van der Waals surface area contributed by atoms with Crippen molar-refractivity contribution in [3.63, 3.8) is 0 Å². The van der Waals surface area contributed by atoms with E-state index in [0.29, 0.717) is 16.5 Å². The maximum absolute atomic E-state index is 11.4. The molecule has 1 fully saturated rings. The van der Waals surface area contributed by atoms with Gasteiger partial charge >= 0.3 is 0 Å². The van der Waals surface area contributed by atoms with Crippen LogP contribution < -0.4 is 16.4 Å². The fourth-order valence-corrected chi connectivity index (χ4v) is 4.69. The molecule has 0 saturated carbocycles. The van der Waals surface area contributed by atoms with Crippen molar-refractivity contribution in [2.75, 3.05) is 22.6 Å². The number of para-hydroxylation sites is 2. The predicted molar refractivity (Wildman–Crippen MR) is 82.3 cm³/mol. The molecule has 1 heterocycles. The summed E-state index contributed by atoms with van der Waals surface area (Å²) in [6.45, 7) is 0. The van der Waals surface area contributed by atoms with E-state index >= 15 is 0 Å². The number of thiocarbonyl (C=S) groups is 1. The van der Waals surface area contributed by atoms with Crippen molar-refractivity contribution in [2.24, 2.45) is 0 Å². The lowest BCUT2D eigenvalue weighted by Crippen LogP contribution is -2.42. The van der Waals surface area contributed by atoms with Crippen molar-refractivity contribution in [2.45, 2.75) is 11.4 Å². The third kappa shape index (κ3) is 3.71. The van der Waals surface area contributed by atoms with Gasteiger partial charge in [0.25, 0.3) is 0 Å². The highest BCUT2D eigenvalue weighted by Crippen LogP contribution is 2.19. The minimum Gasteiger partial charge on any atom is -0.397 e. The van der Waals surface area contributed by atoms with E-state index in [1.807, 2.05) is 12.1 Å². The second kappa shape index (κ2) is 5.52. The van der Waals surface area contributed by atoms with Crippen LogP contribution in [0.2, 0.25) is 0 Å². The van der Waals surface area contributed by atoms with Gasteiger partial charge in [0.2, 0.25) is 0 Å². The summed E-state index contributed by atoms with van der Waals surface area (Å²) in [5.41, 5.74) is 7.01. The van der Waals surface area contributed by atoms with Crippen LogP contribution in [0.15, 0.2) is 24.3 Å². The Hall–Kier alpha value is -1.05. The SMILES string of the molecule is Nc1ccccc1NC(=S)NC1CS(=O)(=O)CC1Cl. The lowest BCUT2D eigenvalue weighted by Gasteiger charge is -2.18. The van der Waals surface area contributed by atoms with Crippen LogP contribution in [0.25, 0.3) is 0 Å². The third-order valence-electron chi connectivity index (χ3n) is 2.81. The standard InChI is InChI=1S/C11H14ClN3O2S2/c12-7-5-19(16,17)6-10(7)15-11(18)14-9-4-2-1-3-8(9)13/h1-4,7,10H,5-6,13H2,(H2,14,15,18). The van der Waals surface area contributed by atoms with Gasteiger partial charge in [-0.25, -0.2) is 8.42 Å². The Bertz CT molecular complexity index is 591. The minimum atomic E-state index is -3.08. The van der Waals surface area contributed by atoms with Gasteiger partial charge in [-0.2, -0.15) is 0 Å². The number of sulfone groups is 1. The van der Waals surface area contributed by atoms with Crippen LogP contribution in [0.1, 0.15) is 0 Å². The highest BCUT2D eigenvalue weighted by atomic mass is 35.5. The van der Waals surface area contributed by atoms with Gasteiger partial charge in [0, 0.05) is 0 Å². The number of hydrogen-bond donors (Lipinski definition) is 3. The summed E-state index contributed by atoms with van der Waals surface area (Å²) in [4.78, 5) is 0. The Morgan fingerprint density at radius 2 is 2.05 bits per heavy atom. The number of rotatable bonds is 2. The molecule has 1 aliphatic rings. The number of hydrogen-bond acceptors (Lipinski definition) is 4. The molecule has 1 saturated heterocycles. The van der Waals surface area contributed by atoms with Crippen LogP contribution in [-0.4, -0.2) is 36.5 Å². The van der Waals surface area contributed by atoms with Gasteiger partial charge in [-0.3, -0.25) is 0 Å². The molecule has 1 aromatic rings. The third-order valence-corrected chi connectivity index (χ3v) is 5.40. The van der Waals surface area contributed by atoms with Gasteiger partial charge in [0.05, 0.1) is 34.3 Å². The van der Waals surface area contributed by atoms with Gasteiger partial charge in [0.15, 0.2) is 14.9 Å². The molecule has 1 aliphatic heterocycles. The molecule has 8 heteroatoms. The molecule has 0 spiro atoms. The predicted octanol–water partition coefficient (Wildman–Crippen LogP) is 0.960. The van der Waals surface area contributed by atoms with Crippen LogP contribution in [0.3, 0.4) is 0 Å². The maximum Gasteiger partial charge on any atom is 0.171 e. The smallest absolute Gasteiger partial charge is 0.171 e. The molecule has 19 heavy (non-hydrogen) atoms. The summed E-state index contributed by atoms with van der Waals surface area (Å²) in [6, 6.07) is 6.79. The number of benzene rings is 1. The fraction of sp³-hybridized carbons (Fsp3) is 0.364. The van der Waals surface area contributed by atoms with E-state index in [0.717, 1.165) is 0 Å². The van der Waals surface area contributed by atoms with Gasteiger partial charge in [0.1, 0.15) is 0 Å². The molecule has 2 unspecified atom stereocenters. The number of halogens is 1. The molecule has 4 N–H and O–H groups in total. The Balaban J connectivity index is 1.98. The molecule has 0 bridgehead atoms. The fourth-order valence-electron chi connectivity index (χ4n) is 1.87. The first-order valence-electron chi connectivity index (χ1n) is 5.64. The minimum absolute atomic E-state index is 0.00669. The first-order valence-corrected chi connectivity index (χ1v) is 8.30. The lowest BCUT2D eigenvalue weighted by molar-refractivity contribution is 0.600. The molecule has 1 aromatic carbocycles. The number of anilines is 2. The van der Waals surface area contributed by atoms with Crippen LogP contribution in [0, 0.1) is 0 Å². The van der Waals surface area contributed by atoms with Crippen molar-refractivity contribution >= 4 is 50.1 Å². The molecular weight excluding hydrogens is 306 g/mol. The quantitative estimate of drug-likeness (QED) is 0.428. The van der Waals surface area contributed by atoms with E-state index in [1.54, 1.807) is 12.1 Å². The van der Waals surface area contributed by atoms with Crippen LogP contribution in [-0.2, 0) is 9.84 Å². The number of alkyl halides is 1. The normalized spacial score (nSPS) is 24.9. The molecule has 5 nitrogen and oxygen atoms in total. The highest BCUT2D eigenvalue weighted by molar-refractivity contribution is 7.91. The Kier molecular flexibility index (Phi) is 4.17. The maximum atomic E-state index is 11.4. The number of nitrogens with one attached hydrogen (secondary N) is 2. The van der Waals surface area contributed by atoms with Gasteiger partial charge in [-0.15, -0.1) is 11.6 Å². The van der Waals surface area contributed by atoms with Gasteiger partial charge < -0.3 is 16.4 Å². The molecule has 0 aromatic heterocycles. The largest absolute Gasteiger partial charge is 0.397 e. The summed E-state index contributed by atoms with van der Waals surface area (Å²) < 4.78 is 22.9. The second-order valence-electron chi connectivity index (χ2n) is 4.39. The molecule has 2 rings (SSSR count). The molecule has 0 amide bonds. The van der Waals surface area contributed by atoms with E-state index < -0.39 is 15.2 Å². The first-order chi connectivity index (χ1) is 8.87.